The molecule has 4 nitrogen and oxygen atoms in total. The van der Waals surface area contributed by atoms with Crippen molar-refractivity contribution in [1.82, 2.24) is 0 Å². The van der Waals surface area contributed by atoms with E-state index in [4.69, 9.17) is 5.73 Å². The fourth-order valence-electron chi connectivity index (χ4n) is 0.591. The molecule has 0 saturated heterocycles. The van der Waals surface area contributed by atoms with Crippen LogP contribution in [0.25, 0.3) is 0 Å². The second-order valence-corrected chi connectivity index (χ2v) is 1.82. The number of nitrogens with zero attached hydrogens (tertiary/aromatic N) is 1. The molecule has 4 heteroatoms. The summed E-state index contributed by atoms with van der Waals surface area (Å²) in [6.45, 7) is 1.88. The molecule has 0 aromatic rings. The van der Waals surface area contributed by atoms with Gasteiger partial charge in [-0.1, -0.05) is 0 Å². The summed E-state index contributed by atoms with van der Waals surface area (Å²) >= 11 is 0. The van der Waals surface area contributed by atoms with E-state index < -0.39 is 0 Å². The zero-order valence-corrected chi connectivity index (χ0v) is 5.13. The maximum Gasteiger partial charge on any atom is 0.337 e. The van der Waals surface area contributed by atoms with Gasteiger partial charge in [0, 0.05) is 0 Å². The summed E-state index contributed by atoms with van der Waals surface area (Å²) in [5.74, 6) is 0.0305. The molecule has 9 heavy (non-hydrogen) atoms. The molecule has 0 aromatic carbocycles. The van der Waals surface area contributed by atoms with E-state index in [0.717, 1.165) is 0 Å². The molecule has 0 fully saturated rings. The Kier molecular flexibility index (Phi) is 1.48. The highest BCUT2D eigenvalue weighted by atomic mass is 16.6. The van der Waals surface area contributed by atoms with Gasteiger partial charge in [-0.3, -0.25) is 0 Å². The lowest BCUT2D eigenvalue weighted by molar-refractivity contribution is -0.134. The largest absolute Gasteiger partial charge is 0.409 e. The number of aliphatic imine (C=N–C) groups is 1. The lowest BCUT2D eigenvalue weighted by Gasteiger charge is -1.91. The van der Waals surface area contributed by atoms with E-state index in [2.05, 4.69) is 9.73 Å². The summed E-state index contributed by atoms with van der Waals surface area (Å²) in [6.07, 6.45) is 0. The van der Waals surface area contributed by atoms with Crippen LogP contribution in [-0.4, -0.2) is 24.5 Å². The van der Waals surface area contributed by atoms with E-state index in [1.165, 1.54) is 0 Å². The number of esters is 1. The van der Waals surface area contributed by atoms with Crippen molar-refractivity contribution >= 4 is 11.9 Å². The first-order chi connectivity index (χ1) is 4.24. The molecule has 1 aliphatic rings. The molecule has 0 bridgehead atoms. The number of carbonyl (C=O) groups is 1. The number of carbonyl (C=O) groups excluding carboxylic acids is 1. The van der Waals surface area contributed by atoms with Gasteiger partial charge in [-0.25, -0.2) is 9.79 Å². The fraction of sp³-hybridized carbons (Fsp3) is 0.600. The van der Waals surface area contributed by atoms with Gasteiger partial charge in [0.2, 0.25) is 5.90 Å². The molecule has 2 N–H and O–H groups in total. The van der Waals surface area contributed by atoms with Crippen LogP contribution in [0.2, 0.25) is 0 Å². The third-order valence-electron chi connectivity index (χ3n) is 1.07. The van der Waals surface area contributed by atoms with Crippen molar-refractivity contribution in [2.75, 3.05) is 6.54 Å². The minimum absolute atomic E-state index is 0.204. The molecule has 0 spiro atoms. The normalized spacial score (nSPS) is 25.8. The number of cyclic esters (lactones) is 1. The molecule has 0 aliphatic carbocycles. The average Bonchev–Trinajstić information content (AvgIpc) is 2.13. The van der Waals surface area contributed by atoms with Crippen molar-refractivity contribution in [3.05, 3.63) is 0 Å². The zero-order valence-electron chi connectivity index (χ0n) is 5.13. The van der Waals surface area contributed by atoms with Gasteiger partial charge in [-0.2, -0.15) is 0 Å². The molecule has 0 radical (unpaired) electrons. The Morgan fingerprint density at radius 2 is 2.56 bits per heavy atom. The van der Waals surface area contributed by atoms with Crippen molar-refractivity contribution in [2.24, 2.45) is 10.7 Å². The topological polar surface area (TPSA) is 64.7 Å². The smallest absolute Gasteiger partial charge is 0.337 e. The van der Waals surface area contributed by atoms with Gasteiger partial charge >= 0.3 is 5.97 Å². The van der Waals surface area contributed by atoms with Crippen molar-refractivity contribution in [1.29, 1.82) is 0 Å². The van der Waals surface area contributed by atoms with E-state index in [1.807, 2.05) is 0 Å². The molecule has 1 rings (SSSR count). The number of nitrogens with two attached hydrogens (primary N) is 1. The van der Waals surface area contributed by atoms with E-state index in [-0.39, 0.29) is 18.6 Å². The summed E-state index contributed by atoms with van der Waals surface area (Å²) in [4.78, 5) is 14.4. The third kappa shape index (κ3) is 1.08. The molecule has 1 aliphatic heterocycles. The Morgan fingerprint density at radius 1 is 1.89 bits per heavy atom. The molecule has 0 aromatic heterocycles. The van der Waals surface area contributed by atoms with Crippen LogP contribution in [0.1, 0.15) is 6.92 Å². The minimum Gasteiger partial charge on any atom is -0.409 e. The van der Waals surface area contributed by atoms with Gasteiger partial charge in [0.25, 0.3) is 0 Å². The van der Waals surface area contributed by atoms with E-state index in [0.29, 0.717) is 5.90 Å². The van der Waals surface area contributed by atoms with E-state index in [1.54, 1.807) is 6.92 Å². The Balaban J connectivity index is 2.62. The number of hydrogen-bond donors (Lipinski definition) is 1. The number of ether oxygens (including phenoxy) is 1. The number of hydrogen-bond acceptors (Lipinski definition) is 4. The second kappa shape index (κ2) is 2.14. The van der Waals surface area contributed by atoms with Crippen LogP contribution in [0.5, 0.6) is 0 Å². The molecule has 0 amide bonds. The Hall–Kier alpha value is -0.900. The van der Waals surface area contributed by atoms with Crippen molar-refractivity contribution in [2.45, 2.75) is 13.0 Å². The SMILES string of the molecule is C[C@H]1N=C(CN)OC1=O. The Labute approximate surface area is 52.7 Å². The van der Waals surface area contributed by atoms with Gasteiger partial charge in [0.1, 0.15) is 6.04 Å². The average molecular weight is 128 g/mol. The van der Waals surface area contributed by atoms with Crippen LogP contribution >= 0.6 is 0 Å². The first-order valence-electron chi connectivity index (χ1n) is 2.72. The van der Waals surface area contributed by atoms with Gasteiger partial charge < -0.3 is 10.5 Å². The fourth-order valence-corrected chi connectivity index (χ4v) is 0.591. The van der Waals surface area contributed by atoms with Crippen LogP contribution in [-0.2, 0) is 9.53 Å². The summed E-state index contributed by atoms with van der Waals surface area (Å²) in [5, 5.41) is 0. The first-order valence-corrected chi connectivity index (χ1v) is 2.72. The Morgan fingerprint density at radius 3 is 2.78 bits per heavy atom. The maximum atomic E-state index is 10.6. The molecule has 1 heterocycles. The van der Waals surface area contributed by atoms with Gasteiger partial charge in [0.15, 0.2) is 0 Å². The summed E-state index contributed by atoms with van der Waals surface area (Å²) in [7, 11) is 0. The molecule has 1 atom stereocenters. The highest BCUT2D eigenvalue weighted by Crippen LogP contribution is 2.03. The minimum atomic E-state index is -0.358. The summed E-state index contributed by atoms with van der Waals surface area (Å²) in [6, 6.07) is -0.358. The predicted octanol–water partition coefficient (Wildman–Crippen LogP) is -0.711. The van der Waals surface area contributed by atoms with Crippen LogP contribution in [0.3, 0.4) is 0 Å². The predicted molar refractivity (Wildman–Crippen MR) is 32.0 cm³/mol. The van der Waals surface area contributed by atoms with E-state index >= 15 is 0 Å². The van der Waals surface area contributed by atoms with Crippen LogP contribution < -0.4 is 5.73 Å². The van der Waals surface area contributed by atoms with E-state index in [9.17, 15) is 4.79 Å². The van der Waals surface area contributed by atoms with Crippen molar-refractivity contribution < 1.29 is 9.53 Å². The maximum absolute atomic E-state index is 10.6. The first kappa shape index (κ1) is 6.22. The second-order valence-electron chi connectivity index (χ2n) is 1.82. The Bertz CT molecular complexity index is 164. The van der Waals surface area contributed by atoms with Crippen molar-refractivity contribution in [3.63, 3.8) is 0 Å². The quantitative estimate of drug-likeness (QED) is 0.474. The monoisotopic (exact) mass is 128 g/mol. The standard InChI is InChI=1S/C5H8N2O2/c1-3-5(8)9-4(2-6)7-3/h3H,2,6H2,1H3/t3-/m1/s1. The van der Waals surface area contributed by atoms with Gasteiger partial charge in [0.05, 0.1) is 6.54 Å². The highest BCUT2D eigenvalue weighted by molar-refractivity contribution is 5.97. The third-order valence-corrected chi connectivity index (χ3v) is 1.07. The molecule has 0 saturated carbocycles. The van der Waals surface area contributed by atoms with Crippen molar-refractivity contribution in [3.8, 4) is 0 Å². The molecular weight excluding hydrogens is 120 g/mol. The summed E-state index contributed by atoms with van der Waals surface area (Å²) in [5.41, 5.74) is 5.15. The van der Waals surface area contributed by atoms with Gasteiger partial charge in [-0.05, 0) is 6.92 Å². The van der Waals surface area contributed by atoms with Crippen LogP contribution in [0.15, 0.2) is 4.99 Å². The van der Waals surface area contributed by atoms with Crippen LogP contribution in [0, 0.1) is 0 Å². The zero-order chi connectivity index (χ0) is 6.85. The summed E-state index contributed by atoms with van der Waals surface area (Å²) < 4.78 is 4.61. The molecule has 50 valence electrons. The highest BCUT2D eigenvalue weighted by Gasteiger charge is 2.22. The lowest BCUT2D eigenvalue weighted by Crippen LogP contribution is -2.16. The van der Waals surface area contributed by atoms with Gasteiger partial charge in [-0.15, -0.1) is 0 Å². The molecule has 0 unspecified atom stereocenters. The van der Waals surface area contributed by atoms with Crippen LogP contribution in [0.4, 0.5) is 0 Å². The molecular formula is C5H8N2O2. The number of rotatable bonds is 1. The lowest BCUT2D eigenvalue weighted by atomic mass is 10.4.